The Morgan fingerprint density at radius 2 is 1.58 bits per heavy atom. The standard InChI is InChI=1S/C18H23BN2O4S/c1-13-16(7-6-12-20-13)21-26(22,23)15-10-8-14(9-11-15)19-24-17(2,3)18(4,5)25-19/h6-12,21H,1-5H3. The van der Waals surface area contributed by atoms with E-state index in [1.54, 1.807) is 49.5 Å². The van der Waals surface area contributed by atoms with Gasteiger partial charge in [0.25, 0.3) is 10.0 Å². The highest BCUT2D eigenvalue weighted by molar-refractivity contribution is 7.92. The molecule has 138 valence electrons. The normalized spacial score (nSPS) is 18.7. The van der Waals surface area contributed by atoms with Crippen LogP contribution < -0.4 is 10.2 Å². The van der Waals surface area contributed by atoms with E-state index < -0.39 is 28.3 Å². The van der Waals surface area contributed by atoms with Gasteiger partial charge in [-0.1, -0.05) is 12.1 Å². The van der Waals surface area contributed by atoms with Crippen molar-refractivity contribution in [3.8, 4) is 0 Å². The highest BCUT2D eigenvalue weighted by atomic mass is 32.2. The van der Waals surface area contributed by atoms with Gasteiger partial charge >= 0.3 is 7.12 Å². The van der Waals surface area contributed by atoms with E-state index in [0.717, 1.165) is 5.46 Å². The molecule has 1 aliphatic rings. The second-order valence-corrected chi connectivity index (χ2v) is 9.08. The minimum Gasteiger partial charge on any atom is -0.399 e. The molecule has 8 heteroatoms. The molecule has 1 aromatic carbocycles. The van der Waals surface area contributed by atoms with Crippen LogP contribution >= 0.6 is 0 Å². The number of rotatable bonds is 4. The maximum Gasteiger partial charge on any atom is 0.494 e. The molecule has 2 aromatic rings. The van der Waals surface area contributed by atoms with Crippen molar-refractivity contribution in [2.75, 3.05) is 4.72 Å². The predicted molar refractivity (Wildman–Crippen MR) is 102 cm³/mol. The van der Waals surface area contributed by atoms with Crippen LogP contribution in [0.5, 0.6) is 0 Å². The lowest BCUT2D eigenvalue weighted by Gasteiger charge is -2.32. The van der Waals surface area contributed by atoms with Crippen molar-refractivity contribution >= 4 is 28.3 Å². The summed E-state index contributed by atoms with van der Waals surface area (Å²) >= 11 is 0. The molecule has 2 heterocycles. The van der Waals surface area contributed by atoms with E-state index in [1.165, 1.54) is 0 Å². The number of hydrogen-bond acceptors (Lipinski definition) is 5. The van der Waals surface area contributed by atoms with Gasteiger partial charge in [-0.05, 0) is 64.3 Å². The van der Waals surface area contributed by atoms with Gasteiger partial charge in [-0.25, -0.2) is 8.42 Å². The highest BCUT2D eigenvalue weighted by Gasteiger charge is 2.51. The van der Waals surface area contributed by atoms with Gasteiger partial charge in [-0.2, -0.15) is 0 Å². The minimum atomic E-state index is -3.69. The van der Waals surface area contributed by atoms with Crippen LogP contribution in [0.3, 0.4) is 0 Å². The quantitative estimate of drug-likeness (QED) is 0.832. The molecule has 1 saturated heterocycles. The molecule has 1 aliphatic heterocycles. The number of pyridine rings is 1. The molecular formula is C18H23BN2O4S. The van der Waals surface area contributed by atoms with Crippen LogP contribution in [0.15, 0.2) is 47.5 Å². The minimum absolute atomic E-state index is 0.168. The summed E-state index contributed by atoms with van der Waals surface area (Å²) in [6.45, 7) is 9.66. The molecule has 0 amide bonds. The van der Waals surface area contributed by atoms with Gasteiger partial charge < -0.3 is 9.31 Å². The number of anilines is 1. The van der Waals surface area contributed by atoms with E-state index in [2.05, 4.69) is 9.71 Å². The van der Waals surface area contributed by atoms with Gasteiger partial charge in [-0.15, -0.1) is 0 Å². The Labute approximate surface area is 155 Å². The SMILES string of the molecule is Cc1ncccc1NS(=O)(=O)c1ccc(B2OC(C)(C)C(C)(C)O2)cc1. The van der Waals surface area contributed by atoms with Gasteiger partial charge in [0.15, 0.2) is 0 Å². The number of aromatic nitrogens is 1. The molecule has 1 fully saturated rings. The van der Waals surface area contributed by atoms with E-state index in [9.17, 15) is 8.42 Å². The Bertz CT molecular complexity index is 895. The average Bonchev–Trinajstić information content (AvgIpc) is 2.78. The third kappa shape index (κ3) is 3.49. The Balaban J connectivity index is 1.81. The third-order valence-electron chi connectivity index (χ3n) is 4.97. The highest BCUT2D eigenvalue weighted by Crippen LogP contribution is 2.36. The van der Waals surface area contributed by atoms with E-state index >= 15 is 0 Å². The summed E-state index contributed by atoms with van der Waals surface area (Å²) in [5, 5.41) is 0. The smallest absolute Gasteiger partial charge is 0.399 e. The predicted octanol–water partition coefficient (Wildman–Crippen LogP) is 2.49. The van der Waals surface area contributed by atoms with E-state index in [-0.39, 0.29) is 4.90 Å². The lowest BCUT2D eigenvalue weighted by Crippen LogP contribution is -2.41. The maximum atomic E-state index is 12.6. The first kappa shape index (κ1) is 18.9. The Kier molecular flexibility index (Phi) is 4.63. The first-order valence-corrected chi connectivity index (χ1v) is 9.90. The topological polar surface area (TPSA) is 77.5 Å². The largest absolute Gasteiger partial charge is 0.494 e. The molecule has 26 heavy (non-hydrogen) atoms. The van der Waals surface area contributed by atoms with Crippen molar-refractivity contribution in [1.29, 1.82) is 0 Å². The summed E-state index contributed by atoms with van der Waals surface area (Å²) in [5.41, 5.74) is 0.969. The molecule has 0 unspecified atom stereocenters. The first-order chi connectivity index (χ1) is 12.0. The Morgan fingerprint density at radius 3 is 2.12 bits per heavy atom. The average molecular weight is 374 g/mol. The molecular weight excluding hydrogens is 351 g/mol. The molecule has 0 bridgehead atoms. The molecule has 0 saturated carbocycles. The first-order valence-electron chi connectivity index (χ1n) is 8.42. The van der Waals surface area contributed by atoms with Gasteiger partial charge in [0.05, 0.1) is 27.5 Å². The second-order valence-electron chi connectivity index (χ2n) is 7.40. The zero-order valence-corrected chi connectivity index (χ0v) is 16.4. The van der Waals surface area contributed by atoms with E-state index in [1.807, 2.05) is 27.7 Å². The lowest BCUT2D eigenvalue weighted by molar-refractivity contribution is 0.00578. The van der Waals surface area contributed by atoms with Gasteiger partial charge in [-0.3, -0.25) is 9.71 Å². The number of aryl methyl sites for hydroxylation is 1. The number of nitrogens with one attached hydrogen (secondary N) is 1. The molecule has 1 N–H and O–H groups in total. The van der Waals surface area contributed by atoms with Crippen molar-refractivity contribution in [2.45, 2.75) is 50.7 Å². The monoisotopic (exact) mass is 374 g/mol. The molecule has 0 spiro atoms. The second kappa shape index (κ2) is 6.37. The lowest BCUT2D eigenvalue weighted by atomic mass is 9.79. The summed E-state index contributed by atoms with van der Waals surface area (Å²) in [4.78, 5) is 4.26. The van der Waals surface area contributed by atoms with Gasteiger partial charge in [0.2, 0.25) is 0 Å². The fourth-order valence-corrected chi connectivity index (χ4v) is 3.70. The van der Waals surface area contributed by atoms with Gasteiger partial charge in [0.1, 0.15) is 0 Å². The van der Waals surface area contributed by atoms with Crippen molar-refractivity contribution in [1.82, 2.24) is 4.98 Å². The van der Waals surface area contributed by atoms with Crippen LogP contribution in [0.25, 0.3) is 0 Å². The van der Waals surface area contributed by atoms with Gasteiger partial charge in [0, 0.05) is 6.20 Å². The van der Waals surface area contributed by atoms with E-state index in [0.29, 0.717) is 11.4 Å². The number of nitrogens with zero attached hydrogens (tertiary/aromatic N) is 1. The zero-order chi connectivity index (χ0) is 19.2. The molecule has 0 radical (unpaired) electrons. The summed E-state index contributed by atoms with van der Waals surface area (Å²) in [6.07, 6.45) is 1.62. The van der Waals surface area contributed by atoms with Crippen LogP contribution in [0.1, 0.15) is 33.4 Å². The van der Waals surface area contributed by atoms with Crippen LogP contribution in [0.4, 0.5) is 5.69 Å². The molecule has 6 nitrogen and oxygen atoms in total. The summed E-state index contributed by atoms with van der Waals surface area (Å²) in [5.74, 6) is 0. The van der Waals surface area contributed by atoms with Crippen LogP contribution in [-0.2, 0) is 19.3 Å². The number of benzene rings is 1. The van der Waals surface area contributed by atoms with Crippen molar-refractivity contribution in [3.63, 3.8) is 0 Å². The van der Waals surface area contributed by atoms with Crippen molar-refractivity contribution < 1.29 is 17.7 Å². The van der Waals surface area contributed by atoms with Crippen molar-refractivity contribution in [3.05, 3.63) is 48.3 Å². The third-order valence-corrected chi connectivity index (χ3v) is 6.35. The van der Waals surface area contributed by atoms with E-state index in [4.69, 9.17) is 9.31 Å². The summed E-state index contributed by atoms with van der Waals surface area (Å²) in [6, 6.07) is 9.90. The van der Waals surface area contributed by atoms with Crippen molar-refractivity contribution in [2.24, 2.45) is 0 Å². The molecule has 1 aromatic heterocycles. The van der Waals surface area contributed by atoms with Crippen LogP contribution in [0.2, 0.25) is 0 Å². The summed E-state index contributed by atoms with van der Waals surface area (Å²) < 4.78 is 39.7. The fourth-order valence-electron chi connectivity index (χ4n) is 2.58. The van der Waals surface area contributed by atoms with Crippen LogP contribution in [0, 0.1) is 6.92 Å². The Morgan fingerprint density at radius 1 is 1.00 bits per heavy atom. The number of sulfonamides is 1. The summed E-state index contributed by atoms with van der Waals surface area (Å²) in [7, 11) is -4.22. The fraction of sp³-hybridized carbons (Fsp3) is 0.389. The maximum absolute atomic E-state index is 12.6. The molecule has 0 atom stereocenters. The van der Waals surface area contributed by atoms with Crippen LogP contribution in [-0.4, -0.2) is 31.7 Å². The molecule has 0 aliphatic carbocycles. The number of hydrogen-bond donors (Lipinski definition) is 1. The Hall–Kier alpha value is -1.90. The zero-order valence-electron chi connectivity index (χ0n) is 15.6. The molecule has 3 rings (SSSR count).